The van der Waals surface area contributed by atoms with Gasteiger partial charge < -0.3 is 19.8 Å². The third kappa shape index (κ3) is 4.82. The first kappa shape index (κ1) is 20.7. The van der Waals surface area contributed by atoms with Crippen LogP contribution in [0.1, 0.15) is 28.2 Å². The van der Waals surface area contributed by atoms with Gasteiger partial charge in [-0.05, 0) is 37.5 Å². The van der Waals surface area contributed by atoms with Crippen molar-refractivity contribution in [1.82, 2.24) is 0 Å². The number of carboxylic acids is 2. The van der Waals surface area contributed by atoms with E-state index in [2.05, 4.69) is 0 Å². The molecule has 0 N–H and O–H groups in total. The van der Waals surface area contributed by atoms with Crippen LogP contribution in [0.2, 0.25) is 0 Å². The van der Waals surface area contributed by atoms with Gasteiger partial charge in [0.1, 0.15) is 0 Å². The van der Waals surface area contributed by atoms with Crippen LogP contribution in [-0.2, 0) is 9.59 Å². The molecule has 0 saturated heterocycles. The summed E-state index contributed by atoms with van der Waals surface area (Å²) >= 11 is 0. The van der Waals surface area contributed by atoms with Crippen molar-refractivity contribution in [3.63, 3.8) is 0 Å². The van der Waals surface area contributed by atoms with E-state index in [4.69, 9.17) is 0 Å². The second kappa shape index (κ2) is 8.54. The van der Waals surface area contributed by atoms with Crippen molar-refractivity contribution in [3.8, 4) is 0 Å². The van der Waals surface area contributed by atoms with Gasteiger partial charge in [-0.3, -0.25) is 0 Å². The van der Waals surface area contributed by atoms with Crippen LogP contribution in [0.3, 0.4) is 0 Å². The molecule has 4 nitrogen and oxygen atoms in total. The Morgan fingerprint density at radius 1 is 1.00 bits per heavy atom. The summed E-state index contributed by atoms with van der Waals surface area (Å²) in [5, 5.41) is 21.6. The van der Waals surface area contributed by atoms with E-state index in [9.17, 15) is 19.8 Å². The Hall–Kier alpha value is 0.394. The van der Waals surface area contributed by atoms with E-state index in [0.29, 0.717) is 11.1 Å². The van der Waals surface area contributed by atoms with E-state index in [1.165, 1.54) is 0 Å². The number of aliphatic carboxylic acids is 2. The van der Waals surface area contributed by atoms with Gasteiger partial charge in [0.25, 0.3) is 0 Å². The van der Waals surface area contributed by atoms with Crippen LogP contribution in [0.25, 0.3) is 0 Å². The van der Waals surface area contributed by atoms with Crippen molar-refractivity contribution in [2.24, 2.45) is 0 Å². The molecule has 0 fully saturated rings. The molecule has 0 unspecified atom stereocenters. The predicted molar refractivity (Wildman–Crippen MR) is 53.4 cm³/mol. The van der Waals surface area contributed by atoms with Gasteiger partial charge in [-0.2, -0.15) is 0 Å². The minimum atomic E-state index is -1.71. The molecule has 6 heteroatoms. The third-order valence-corrected chi connectivity index (χ3v) is 2.50. The molecule has 0 saturated carbocycles. The maximum atomic E-state index is 10.8. The summed E-state index contributed by atoms with van der Waals surface area (Å²) in [4.78, 5) is 21.6. The van der Waals surface area contributed by atoms with Crippen molar-refractivity contribution >= 4 is 11.9 Å². The molecule has 1 aromatic carbocycles. The fraction of sp³-hybridized carbons (Fsp3) is 0.333. The Kier molecular flexibility index (Phi) is 9.83. The van der Waals surface area contributed by atoms with Crippen LogP contribution in [0, 0.1) is 20.8 Å². The molecule has 0 amide bonds. The first-order chi connectivity index (χ1) is 7.34. The van der Waals surface area contributed by atoms with E-state index in [0.717, 1.165) is 5.56 Å². The molecule has 0 aromatic heterocycles. The molecule has 0 aliphatic heterocycles. The molecule has 0 atom stereocenters. The second-order valence-electron chi connectivity index (χ2n) is 3.88. The average molecular weight is 266 g/mol. The Morgan fingerprint density at radius 3 is 1.61 bits per heavy atom. The van der Waals surface area contributed by atoms with Crippen molar-refractivity contribution in [3.05, 3.63) is 34.4 Å². The normalized spacial score (nSPS) is 9.33. The summed E-state index contributed by atoms with van der Waals surface area (Å²) in [5.74, 6) is -4.99. The van der Waals surface area contributed by atoms with Crippen LogP contribution < -0.4 is 80.5 Å². The molecule has 18 heavy (non-hydrogen) atoms. The Morgan fingerprint density at radius 2 is 1.33 bits per heavy atom. The van der Waals surface area contributed by atoms with Crippen molar-refractivity contribution < 1.29 is 90.0 Å². The zero-order valence-corrected chi connectivity index (χ0v) is 14.5. The molecule has 0 aliphatic carbocycles. The van der Waals surface area contributed by atoms with Gasteiger partial charge in [-0.25, -0.2) is 0 Å². The van der Waals surface area contributed by atoms with Gasteiger partial charge in [0.2, 0.25) is 0 Å². The maximum Gasteiger partial charge on any atom is 1.00 e. The third-order valence-electron chi connectivity index (χ3n) is 2.50. The van der Waals surface area contributed by atoms with Crippen LogP contribution in [0.5, 0.6) is 0 Å². The van der Waals surface area contributed by atoms with Crippen molar-refractivity contribution in [1.29, 1.82) is 0 Å². The number of carbonyl (C=O) groups is 2. The first-order valence-electron chi connectivity index (χ1n) is 4.84. The zero-order valence-electron chi connectivity index (χ0n) is 11.4. The summed E-state index contributed by atoms with van der Waals surface area (Å²) in [6.07, 6.45) is 0. The Balaban J connectivity index is 0. The maximum absolute atomic E-state index is 10.8. The molecule has 0 aliphatic rings. The fourth-order valence-corrected chi connectivity index (χ4v) is 1.98. The summed E-state index contributed by atoms with van der Waals surface area (Å²) < 4.78 is 0. The van der Waals surface area contributed by atoms with Gasteiger partial charge in [0, 0.05) is 0 Å². The Labute approximate surface area is 161 Å². The largest absolute Gasteiger partial charge is 1.00 e. The molecular formula is C12H12KLiO4. The number of carboxylic acid groups (broad SMARTS) is 2. The monoisotopic (exact) mass is 266 g/mol. The number of hydrogen-bond donors (Lipinski definition) is 0. The number of aryl methyl sites for hydroxylation is 3. The molecule has 0 spiro atoms. The van der Waals surface area contributed by atoms with E-state index in [1.54, 1.807) is 26.0 Å². The van der Waals surface area contributed by atoms with E-state index < -0.39 is 17.9 Å². The molecule has 1 aromatic rings. The van der Waals surface area contributed by atoms with E-state index in [-0.39, 0.29) is 75.8 Å². The number of carbonyl (C=O) groups excluding carboxylic acids is 2. The standard InChI is InChI=1S/C12H14O4.K.Li/c1-6-4-7(2)9(8(3)5-6)10(11(13)14)12(15)16;;/h4-5,10H,1-3H3,(H,13,14)(H,15,16);;/q;2*+1/p-2. The minimum absolute atomic E-state index is 0. The molecule has 86 valence electrons. The van der Waals surface area contributed by atoms with Crippen molar-refractivity contribution in [2.45, 2.75) is 26.7 Å². The first-order valence-corrected chi connectivity index (χ1v) is 4.84. The smallest absolute Gasteiger partial charge is 0.549 e. The SMILES string of the molecule is Cc1cc(C)c(C(C(=O)[O-])C(=O)[O-])c(C)c1.[K+].[Li+]. The number of rotatable bonds is 3. The van der Waals surface area contributed by atoms with Gasteiger partial charge in [-0.15, -0.1) is 0 Å². The Bertz CT molecular complexity index is 422. The van der Waals surface area contributed by atoms with Crippen LogP contribution >= 0.6 is 0 Å². The summed E-state index contributed by atoms with van der Waals surface area (Å²) in [7, 11) is 0. The minimum Gasteiger partial charge on any atom is -0.549 e. The molecular weight excluding hydrogens is 254 g/mol. The molecule has 1 rings (SSSR count). The zero-order chi connectivity index (χ0) is 12.5. The van der Waals surface area contributed by atoms with Crippen LogP contribution in [0.4, 0.5) is 0 Å². The number of benzene rings is 1. The summed E-state index contributed by atoms with van der Waals surface area (Å²) in [5.41, 5.74) is 2.45. The van der Waals surface area contributed by atoms with Crippen LogP contribution in [-0.4, -0.2) is 11.9 Å². The van der Waals surface area contributed by atoms with E-state index >= 15 is 0 Å². The average Bonchev–Trinajstić information content (AvgIpc) is 2.09. The summed E-state index contributed by atoms with van der Waals surface area (Å²) in [6, 6.07) is 3.47. The topological polar surface area (TPSA) is 80.3 Å². The molecule has 0 heterocycles. The van der Waals surface area contributed by atoms with Crippen LogP contribution in [0.15, 0.2) is 12.1 Å². The van der Waals surface area contributed by atoms with Gasteiger partial charge >= 0.3 is 70.2 Å². The van der Waals surface area contributed by atoms with Gasteiger partial charge in [0.15, 0.2) is 0 Å². The van der Waals surface area contributed by atoms with Gasteiger partial charge in [-0.1, -0.05) is 17.7 Å². The van der Waals surface area contributed by atoms with Crippen molar-refractivity contribution in [2.75, 3.05) is 0 Å². The quantitative estimate of drug-likeness (QED) is 0.402. The molecule has 0 radical (unpaired) electrons. The fourth-order valence-electron chi connectivity index (χ4n) is 1.98. The second-order valence-corrected chi connectivity index (χ2v) is 3.88. The summed E-state index contributed by atoms with van der Waals surface area (Å²) in [6.45, 7) is 5.21. The van der Waals surface area contributed by atoms with E-state index in [1.807, 2.05) is 6.92 Å². The molecule has 0 bridgehead atoms. The van der Waals surface area contributed by atoms with Gasteiger partial charge in [0.05, 0.1) is 17.9 Å². The number of hydrogen-bond acceptors (Lipinski definition) is 4. The predicted octanol–water partition coefficient (Wildman–Crippen LogP) is -6.80.